The van der Waals surface area contributed by atoms with Crippen molar-refractivity contribution in [2.75, 3.05) is 6.54 Å². The molecular weight excluding hydrogens is 312 g/mol. The van der Waals surface area contributed by atoms with Crippen molar-refractivity contribution < 1.29 is 4.79 Å². The van der Waals surface area contributed by atoms with Crippen LogP contribution in [0, 0.1) is 20.8 Å². The van der Waals surface area contributed by atoms with Crippen LogP contribution in [-0.4, -0.2) is 27.0 Å². The van der Waals surface area contributed by atoms with Crippen molar-refractivity contribution in [1.82, 2.24) is 19.9 Å². The summed E-state index contributed by atoms with van der Waals surface area (Å²) < 4.78 is 2.05. The topological polar surface area (TPSA) is 59.8 Å². The number of carbonyl (C=O) groups is 1. The van der Waals surface area contributed by atoms with Crippen LogP contribution in [0.3, 0.4) is 0 Å². The molecule has 1 amide bonds. The number of carbonyl (C=O) groups excluding carboxylic acids is 1. The van der Waals surface area contributed by atoms with E-state index in [0.29, 0.717) is 18.2 Å². The monoisotopic (exact) mass is 336 g/mol. The summed E-state index contributed by atoms with van der Waals surface area (Å²) in [5, 5.41) is 3.97. The molecule has 1 aromatic carbocycles. The van der Waals surface area contributed by atoms with E-state index in [1.165, 1.54) is 0 Å². The van der Waals surface area contributed by atoms with Crippen molar-refractivity contribution in [3.05, 3.63) is 59.3 Å². The quantitative estimate of drug-likeness (QED) is 0.772. The Labute approximate surface area is 148 Å². The number of imidazole rings is 1. The van der Waals surface area contributed by atoms with E-state index in [-0.39, 0.29) is 5.91 Å². The van der Waals surface area contributed by atoms with Gasteiger partial charge in [-0.25, -0.2) is 4.98 Å². The molecule has 0 aliphatic heterocycles. The lowest BCUT2D eigenvalue weighted by atomic mass is 10.0. The Morgan fingerprint density at radius 1 is 1.24 bits per heavy atom. The van der Waals surface area contributed by atoms with E-state index in [0.717, 1.165) is 34.1 Å². The zero-order chi connectivity index (χ0) is 18.0. The van der Waals surface area contributed by atoms with Gasteiger partial charge in [0.2, 0.25) is 0 Å². The first-order chi connectivity index (χ1) is 12.0. The predicted octanol–water partition coefficient (Wildman–Crippen LogP) is 3.74. The lowest BCUT2D eigenvalue weighted by molar-refractivity contribution is 0.0953. The number of benzene rings is 1. The molecule has 5 heteroatoms. The van der Waals surface area contributed by atoms with Gasteiger partial charge in [0.15, 0.2) is 0 Å². The Bertz CT molecular complexity index is 900. The molecule has 0 bridgehead atoms. The minimum Gasteiger partial charge on any atom is -0.352 e. The maximum atomic E-state index is 12.7. The molecule has 25 heavy (non-hydrogen) atoms. The maximum Gasteiger partial charge on any atom is 0.252 e. The van der Waals surface area contributed by atoms with Gasteiger partial charge in [-0.2, -0.15) is 0 Å². The highest BCUT2D eigenvalue weighted by Crippen LogP contribution is 2.23. The minimum atomic E-state index is -0.0432. The van der Waals surface area contributed by atoms with E-state index in [2.05, 4.69) is 28.3 Å². The maximum absolute atomic E-state index is 12.7. The third kappa shape index (κ3) is 3.71. The fraction of sp³-hybridized carbons (Fsp3) is 0.350. The number of hydrogen-bond donors (Lipinski definition) is 1. The minimum absolute atomic E-state index is 0.0432. The molecule has 0 fully saturated rings. The van der Waals surface area contributed by atoms with Crippen molar-refractivity contribution in [3.8, 4) is 0 Å². The average Bonchev–Trinajstić information content (AvgIpc) is 3.09. The number of pyridine rings is 1. The second-order valence-corrected chi connectivity index (χ2v) is 6.69. The summed E-state index contributed by atoms with van der Waals surface area (Å²) in [6, 6.07) is 6.31. The van der Waals surface area contributed by atoms with Crippen LogP contribution in [0.5, 0.6) is 0 Å². The molecule has 1 atom stereocenters. The summed E-state index contributed by atoms with van der Waals surface area (Å²) >= 11 is 0. The predicted molar refractivity (Wildman–Crippen MR) is 99.8 cm³/mol. The first-order valence-corrected chi connectivity index (χ1v) is 8.60. The molecule has 0 aliphatic rings. The van der Waals surface area contributed by atoms with E-state index in [9.17, 15) is 4.79 Å². The summed E-state index contributed by atoms with van der Waals surface area (Å²) in [5.41, 5.74) is 4.70. The van der Waals surface area contributed by atoms with Gasteiger partial charge in [0.05, 0.1) is 17.4 Å². The van der Waals surface area contributed by atoms with Crippen LogP contribution >= 0.6 is 0 Å². The van der Waals surface area contributed by atoms with Gasteiger partial charge in [-0.1, -0.05) is 11.6 Å². The summed E-state index contributed by atoms with van der Waals surface area (Å²) in [7, 11) is 0. The Balaban J connectivity index is 1.78. The standard InChI is InChI=1S/C20H24N4O/c1-13-9-14(2)19-17(10-13)18(11-15(3)23-19)20(25)22-6-5-16(4)24-8-7-21-12-24/h7-12,16H,5-6H2,1-4H3,(H,22,25)/t16-/m0/s1. The van der Waals surface area contributed by atoms with Crippen molar-refractivity contribution in [1.29, 1.82) is 0 Å². The highest BCUT2D eigenvalue weighted by Gasteiger charge is 2.14. The van der Waals surface area contributed by atoms with Crippen LogP contribution < -0.4 is 5.32 Å². The van der Waals surface area contributed by atoms with Gasteiger partial charge in [-0.15, -0.1) is 0 Å². The third-order valence-corrected chi connectivity index (χ3v) is 4.50. The zero-order valence-corrected chi connectivity index (χ0v) is 15.2. The Morgan fingerprint density at radius 3 is 2.76 bits per heavy atom. The summed E-state index contributed by atoms with van der Waals surface area (Å²) in [6.07, 6.45) is 6.36. The number of aromatic nitrogens is 3. The first kappa shape index (κ1) is 17.1. The van der Waals surface area contributed by atoms with E-state index in [4.69, 9.17) is 0 Å². The smallest absolute Gasteiger partial charge is 0.252 e. The van der Waals surface area contributed by atoms with E-state index in [1.54, 1.807) is 12.5 Å². The molecule has 2 heterocycles. The fourth-order valence-corrected chi connectivity index (χ4v) is 3.17. The van der Waals surface area contributed by atoms with Crippen LogP contribution in [0.15, 0.2) is 36.9 Å². The molecule has 0 saturated carbocycles. The highest BCUT2D eigenvalue weighted by atomic mass is 16.1. The van der Waals surface area contributed by atoms with Crippen LogP contribution in [0.4, 0.5) is 0 Å². The lowest BCUT2D eigenvalue weighted by Gasteiger charge is -2.14. The number of aryl methyl sites for hydroxylation is 3. The van der Waals surface area contributed by atoms with Gasteiger partial charge in [-0.05, 0) is 51.8 Å². The molecule has 0 spiro atoms. The lowest BCUT2D eigenvalue weighted by Crippen LogP contribution is -2.26. The largest absolute Gasteiger partial charge is 0.352 e. The Kier molecular flexibility index (Phi) is 4.83. The van der Waals surface area contributed by atoms with Gasteiger partial charge in [-0.3, -0.25) is 9.78 Å². The number of nitrogens with one attached hydrogen (secondary N) is 1. The van der Waals surface area contributed by atoms with Crippen molar-refractivity contribution in [3.63, 3.8) is 0 Å². The molecule has 2 aromatic heterocycles. The average molecular weight is 336 g/mol. The van der Waals surface area contributed by atoms with Gasteiger partial charge in [0, 0.05) is 36.1 Å². The molecule has 130 valence electrons. The summed E-state index contributed by atoms with van der Waals surface area (Å²) in [6.45, 7) is 8.74. The zero-order valence-electron chi connectivity index (χ0n) is 15.2. The third-order valence-electron chi connectivity index (χ3n) is 4.50. The number of amides is 1. The SMILES string of the molecule is Cc1cc(C)c2nc(C)cc(C(=O)NCC[C@H](C)n3ccnc3)c2c1. The van der Waals surface area contributed by atoms with Crippen LogP contribution in [0.1, 0.15) is 46.6 Å². The molecule has 1 N–H and O–H groups in total. The van der Waals surface area contributed by atoms with Gasteiger partial charge >= 0.3 is 0 Å². The highest BCUT2D eigenvalue weighted by molar-refractivity contribution is 6.07. The molecule has 3 rings (SSSR count). The number of fused-ring (bicyclic) bond motifs is 1. The summed E-state index contributed by atoms with van der Waals surface area (Å²) in [4.78, 5) is 21.4. The van der Waals surface area contributed by atoms with E-state index >= 15 is 0 Å². The van der Waals surface area contributed by atoms with Crippen molar-refractivity contribution in [2.45, 2.75) is 40.2 Å². The number of hydrogen-bond acceptors (Lipinski definition) is 3. The van der Waals surface area contributed by atoms with E-state index in [1.807, 2.05) is 43.7 Å². The van der Waals surface area contributed by atoms with E-state index < -0.39 is 0 Å². The molecule has 0 saturated heterocycles. The normalized spacial score (nSPS) is 12.3. The fourth-order valence-electron chi connectivity index (χ4n) is 3.17. The Morgan fingerprint density at radius 2 is 2.04 bits per heavy atom. The van der Waals surface area contributed by atoms with Gasteiger partial charge < -0.3 is 9.88 Å². The first-order valence-electron chi connectivity index (χ1n) is 8.60. The number of nitrogens with zero attached hydrogens (tertiary/aromatic N) is 3. The van der Waals surface area contributed by atoms with Crippen LogP contribution in [0.25, 0.3) is 10.9 Å². The van der Waals surface area contributed by atoms with Crippen molar-refractivity contribution in [2.24, 2.45) is 0 Å². The van der Waals surface area contributed by atoms with Crippen molar-refractivity contribution >= 4 is 16.8 Å². The summed E-state index contributed by atoms with van der Waals surface area (Å²) in [5.74, 6) is -0.0432. The van der Waals surface area contributed by atoms with Gasteiger partial charge in [0.25, 0.3) is 5.91 Å². The molecule has 5 nitrogen and oxygen atoms in total. The Hall–Kier alpha value is -2.69. The van der Waals surface area contributed by atoms with Crippen LogP contribution in [0.2, 0.25) is 0 Å². The van der Waals surface area contributed by atoms with Gasteiger partial charge in [0.1, 0.15) is 0 Å². The molecule has 0 unspecified atom stereocenters. The second kappa shape index (κ2) is 7.05. The molecule has 3 aromatic rings. The molecule has 0 radical (unpaired) electrons. The second-order valence-electron chi connectivity index (χ2n) is 6.69. The molecule has 0 aliphatic carbocycles. The number of rotatable bonds is 5. The molecular formula is C20H24N4O. The van der Waals surface area contributed by atoms with Crippen LogP contribution in [-0.2, 0) is 0 Å².